The van der Waals surface area contributed by atoms with Gasteiger partial charge in [0.05, 0.1) is 13.2 Å². The van der Waals surface area contributed by atoms with Gasteiger partial charge < -0.3 is 9.47 Å². The molecule has 1 aliphatic heterocycles. The van der Waals surface area contributed by atoms with Crippen LogP contribution in [0.25, 0.3) is 0 Å². The minimum absolute atomic E-state index is 0.201. The van der Waals surface area contributed by atoms with E-state index in [2.05, 4.69) is 0 Å². The standard InChI is InChI=1S/C16H26O3/c17-15-5-3-13(4-6-15)1-2-14-7-9-16(10-8-14)18-11-12-19-16/h13-14H,1-12H2. The average Bonchev–Trinajstić information content (AvgIpc) is 2.89. The second-order valence-corrected chi connectivity index (χ2v) is 6.61. The Morgan fingerprint density at radius 3 is 2.00 bits per heavy atom. The molecule has 2 aliphatic carbocycles. The molecule has 0 amide bonds. The molecule has 108 valence electrons. The fourth-order valence-corrected chi connectivity index (χ4v) is 3.95. The summed E-state index contributed by atoms with van der Waals surface area (Å²) in [4.78, 5) is 11.2. The van der Waals surface area contributed by atoms with E-state index in [4.69, 9.17) is 9.47 Å². The van der Waals surface area contributed by atoms with Gasteiger partial charge in [0.25, 0.3) is 0 Å². The molecule has 1 spiro atoms. The van der Waals surface area contributed by atoms with Gasteiger partial charge in [0.2, 0.25) is 0 Å². The van der Waals surface area contributed by atoms with Crippen LogP contribution < -0.4 is 0 Å². The summed E-state index contributed by atoms with van der Waals surface area (Å²) in [6.45, 7) is 1.56. The first kappa shape index (κ1) is 13.6. The number of Topliss-reactive ketones (excluding diaryl/α,β-unsaturated/α-hetero) is 1. The van der Waals surface area contributed by atoms with Gasteiger partial charge in [0.1, 0.15) is 5.78 Å². The fraction of sp³-hybridized carbons (Fsp3) is 0.938. The summed E-state index contributed by atoms with van der Waals surface area (Å²) in [6.07, 6.45) is 11.3. The Balaban J connectivity index is 1.37. The summed E-state index contributed by atoms with van der Waals surface area (Å²) in [5, 5.41) is 0. The first-order valence-electron chi connectivity index (χ1n) is 8.05. The van der Waals surface area contributed by atoms with Crippen molar-refractivity contribution >= 4 is 5.78 Å². The Kier molecular flexibility index (Phi) is 4.23. The van der Waals surface area contributed by atoms with Gasteiger partial charge in [-0.3, -0.25) is 4.79 Å². The Bertz CT molecular complexity index is 300. The molecule has 3 rings (SSSR count). The summed E-state index contributed by atoms with van der Waals surface area (Å²) in [5.74, 6) is 1.95. The highest BCUT2D eigenvalue weighted by Crippen LogP contribution is 2.40. The van der Waals surface area contributed by atoms with Crippen molar-refractivity contribution in [3.8, 4) is 0 Å². The highest BCUT2D eigenvalue weighted by atomic mass is 16.7. The second kappa shape index (κ2) is 5.92. The van der Waals surface area contributed by atoms with Gasteiger partial charge in [-0.2, -0.15) is 0 Å². The summed E-state index contributed by atoms with van der Waals surface area (Å²) < 4.78 is 11.6. The lowest BCUT2D eigenvalue weighted by atomic mass is 9.78. The minimum Gasteiger partial charge on any atom is -0.348 e. The Hall–Kier alpha value is -0.410. The van der Waals surface area contributed by atoms with Gasteiger partial charge in [-0.1, -0.05) is 12.8 Å². The van der Waals surface area contributed by atoms with Crippen LogP contribution in [0.5, 0.6) is 0 Å². The van der Waals surface area contributed by atoms with Crippen LogP contribution in [0, 0.1) is 11.8 Å². The smallest absolute Gasteiger partial charge is 0.168 e. The normalized spacial score (nSPS) is 29.2. The molecule has 19 heavy (non-hydrogen) atoms. The van der Waals surface area contributed by atoms with Crippen LogP contribution in [0.15, 0.2) is 0 Å². The molecule has 0 aromatic carbocycles. The molecule has 2 saturated carbocycles. The Morgan fingerprint density at radius 1 is 0.895 bits per heavy atom. The predicted octanol–water partition coefficient (Wildman–Crippen LogP) is 3.46. The molecule has 0 radical (unpaired) electrons. The van der Waals surface area contributed by atoms with Crippen molar-refractivity contribution in [1.82, 2.24) is 0 Å². The molecular weight excluding hydrogens is 240 g/mol. The SMILES string of the molecule is O=C1CCC(CCC2CCC3(CC2)OCCO3)CC1. The molecule has 1 heterocycles. The van der Waals surface area contributed by atoms with Crippen molar-refractivity contribution in [3.05, 3.63) is 0 Å². The van der Waals surface area contributed by atoms with Crippen molar-refractivity contribution in [2.45, 2.75) is 70.0 Å². The van der Waals surface area contributed by atoms with Crippen molar-refractivity contribution in [2.75, 3.05) is 13.2 Å². The number of hydrogen-bond donors (Lipinski definition) is 0. The second-order valence-electron chi connectivity index (χ2n) is 6.61. The van der Waals surface area contributed by atoms with E-state index in [1.807, 2.05) is 0 Å². The van der Waals surface area contributed by atoms with Crippen molar-refractivity contribution < 1.29 is 14.3 Å². The maximum atomic E-state index is 11.2. The number of carbonyl (C=O) groups excluding carboxylic acids is 1. The van der Waals surface area contributed by atoms with E-state index in [-0.39, 0.29) is 5.79 Å². The fourth-order valence-electron chi connectivity index (χ4n) is 3.95. The number of rotatable bonds is 3. The molecule has 3 nitrogen and oxygen atoms in total. The van der Waals surface area contributed by atoms with Crippen LogP contribution in [0.4, 0.5) is 0 Å². The van der Waals surface area contributed by atoms with Crippen LogP contribution in [0.3, 0.4) is 0 Å². The molecular formula is C16H26O3. The zero-order valence-electron chi connectivity index (χ0n) is 11.9. The molecule has 0 aromatic heterocycles. The lowest BCUT2D eigenvalue weighted by Gasteiger charge is -2.36. The van der Waals surface area contributed by atoms with E-state index in [9.17, 15) is 4.79 Å². The van der Waals surface area contributed by atoms with Crippen LogP contribution >= 0.6 is 0 Å². The van der Waals surface area contributed by atoms with Crippen LogP contribution in [0.1, 0.15) is 64.2 Å². The summed E-state index contributed by atoms with van der Waals surface area (Å²) >= 11 is 0. The van der Waals surface area contributed by atoms with E-state index < -0.39 is 0 Å². The van der Waals surface area contributed by atoms with Crippen LogP contribution in [0.2, 0.25) is 0 Å². The van der Waals surface area contributed by atoms with Gasteiger partial charge in [-0.25, -0.2) is 0 Å². The van der Waals surface area contributed by atoms with Gasteiger partial charge in [-0.15, -0.1) is 0 Å². The first-order chi connectivity index (χ1) is 9.26. The van der Waals surface area contributed by atoms with Crippen molar-refractivity contribution in [2.24, 2.45) is 11.8 Å². The molecule has 0 atom stereocenters. The summed E-state index contributed by atoms with van der Waals surface area (Å²) in [7, 11) is 0. The molecule has 3 aliphatic rings. The summed E-state index contributed by atoms with van der Waals surface area (Å²) in [5.41, 5.74) is 0. The third-order valence-electron chi connectivity index (χ3n) is 5.33. The van der Waals surface area contributed by atoms with Crippen LogP contribution in [-0.4, -0.2) is 24.8 Å². The third kappa shape index (κ3) is 3.38. The molecule has 1 saturated heterocycles. The van der Waals surface area contributed by atoms with Gasteiger partial charge in [-0.05, 0) is 37.5 Å². The van der Waals surface area contributed by atoms with E-state index in [1.165, 1.54) is 25.7 Å². The van der Waals surface area contributed by atoms with Crippen molar-refractivity contribution in [1.29, 1.82) is 0 Å². The molecule has 3 fully saturated rings. The van der Waals surface area contributed by atoms with Gasteiger partial charge in [0, 0.05) is 25.7 Å². The predicted molar refractivity (Wildman–Crippen MR) is 72.8 cm³/mol. The Morgan fingerprint density at radius 2 is 1.42 bits per heavy atom. The van der Waals surface area contributed by atoms with Crippen molar-refractivity contribution in [3.63, 3.8) is 0 Å². The highest BCUT2D eigenvalue weighted by molar-refractivity contribution is 5.78. The zero-order valence-corrected chi connectivity index (χ0v) is 11.9. The lowest BCUT2D eigenvalue weighted by Crippen LogP contribution is -2.35. The average molecular weight is 266 g/mol. The largest absolute Gasteiger partial charge is 0.348 e. The molecule has 0 bridgehead atoms. The van der Waals surface area contributed by atoms with E-state index in [1.54, 1.807) is 0 Å². The number of hydrogen-bond acceptors (Lipinski definition) is 3. The Labute approximate surface area is 116 Å². The lowest BCUT2D eigenvalue weighted by molar-refractivity contribution is -0.182. The zero-order chi connectivity index (χ0) is 13.1. The topological polar surface area (TPSA) is 35.5 Å². The van der Waals surface area contributed by atoms with E-state index >= 15 is 0 Å². The number of ether oxygens (including phenoxy) is 2. The molecule has 3 heteroatoms. The molecule has 0 N–H and O–H groups in total. The number of ketones is 1. The maximum Gasteiger partial charge on any atom is 0.168 e. The van der Waals surface area contributed by atoms with Gasteiger partial charge >= 0.3 is 0 Å². The summed E-state index contributed by atoms with van der Waals surface area (Å²) in [6, 6.07) is 0. The first-order valence-corrected chi connectivity index (χ1v) is 8.05. The quantitative estimate of drug-likeness (QED) is 0.784. The maximum absolute atomic E-state index is 11.2. The molecule has 0 aromatic rings. The molecule has 0 unspecified atom stereocenters. The van der Waals surface area contributed by atoms with E-state index in [0.29, 0.717) is 5.78 Å². The van der Waals surface area contributed by atoms with E-state index in [0.717, 1.165) is 63.6 Å². The highest BCUT2D eigenvalue weighted by Gasteiger charge is 2.40. The third-order valence-corrected chi connectivity index (χ3v) is 5.33. The minimum atomic E-state index is -0.201. The monoisotopic (exact) mass is 266 g/mol. The number of carbonyl (C=O) groups is 1. The van der Waals surface area contributed by atoms with Crippen LogP contribution in [-0.2, 0) is 14.3 Å². The van der Waals surface area contributed by atoms with Gasteiger partial charge in [0.15, 0.2) is 5.79 Å².